The number of nitrogens with zero attached hydrogens (tertiary/aromatic N) is 1. The minimum Gasteiger partial charge on any atom is -0.494 e. The summed E-state index contributed by atoms with van der Waals surface area (Å²) in [5, 5.41) is 5.25. The number of halogens is 1. The van der Waals surface area contributed by atoms with Crippen LogP contribution in [0.2, 0.25) is 0 Å². The highest BCUT2D eigenvalue weighted by molar-refractivity contribution is 6.10. The molecule has 0 saturated carbocycles. The molecule has 1 aliphatic rings. The molecule has 3 aromatic carbocycles. The highest BCUT2D eigenvalue weighted by atomic mass is 19.1. The maximum atomic E-state index is 14.8. The first-order valence-corrected chi connectivity index (χ1v) is 13.0. The Labute approximate surface area is 232 Å². The zero-order chi connectivity index (χ0) is 28.6. The number of imide groups is 1. The third kappa shape index (κ3) is 6.40. The second-order valence-electron chi connectivity index (χ2n) is 9.21. The molecule has 2 unspecified atom stereocenters. The summed E-state index contributed by atoms with van der Waals surface area (Å²) in [6.45, 7) is 4.68. The minimum absolute atomic E-state index is 0.0913. The summed E-state index contributed by atoms with van der Waals surface area (Å²) in [5.41, 5.74) is 1.17. The van der Waals surface area contributed by atoms with E-state index in [1.54, 1.807) is 69.5 Å². The Morgan fingerprint density at radius 2 is 1.70 bits per heavy atom. The maximum absolute atomic E-state index is 14.8. The molecule has 4 rings (SSSR count). The van der Waals surface area contributed by atoms with Crippen molar-refractivity contribution in [1.82, 2.24) is 10.2 Å². The van der Waals surface area contributed by atoms with Crippen molar-refractivity contribution in [2.75, 3.05) is 32.2 Å². The molecule has 0 spiro atoms. The van der Waals surface area contributed by atoms with E-state index in [1.807, 2.05) is 6.07 Å². The van der Waals surface area contributed by atoms with Gasteiger partial charge in [-0.1, -0.05) is 49.4 Å². The molecule has 3 aromatic rings. The number of carbonyl (C=O) groups is 3. The molecule has 40 heavy (non-hydrogen) atoms. The van der Waals surface area contributed by atoms with Gasteiger partial charge in [0, 0.05) is 19.1 Å². The number of anilines is 1. The van der Waals surface area contributed by atoms with Crippen LogP contribution in [0.1, 0.15) is 36.9 Å². The van der Waals surface area contributed by atoms with E-state index in [9.17, 15) is 18.8 Å². The molecule has 1 heterocycles. The highest BCUT2D eigenvalue weighted by Crippen LogP contribution is 2.32. The van der Waals surface area contributed by atoms with Crippen LogP contribution in [0, 0.1) is 5.82 Å². The lowest BCUT2D eigenvalue weighted by Crippen LogP contribution is -2.50. The Balaban J connectivity index is 1.61. The molecule has 1 aliphatic heterocycles. The number of carbonyl (C=O) groups excluding carboxylic acids is 3. The summed E-state index contributed by atoms with van der Waals surface area (Å²) in [6.07, 6.45) is 0. The van der Waals surface area contributed by atoms with Crippen molar-refractivity contribution < 1.29 is 33.0 Å². The number of hydrogen-bond acceptors (Lipinski definition) is 6. The van der Waals surface area contributed by atoms with E-state index in [0.29, 0.717) is 36.9 Å². The van der Waals surface area contributed by atoms with Gasteiger partial charge in [0.05, 0.1) is 18.9 Å². The van der Waals surface area contributed by atoms with E-state index in [0.717, 1.165) is 10.5 Å². The molecule has 210 valence electrons. The second-order valence-corrected chi connectivity index (χ2v) is 9.21. The molecule has 9 nitrogen and oxygen atoms in total. The normalized spacial score (nSPS) is 16.3. The highest BCUT2D eigenvalue weighted by Gasteiger charge is 2.47. The first-order chi connectivity index (χ1) is 19.3. The van der Waals surface area contributed by atoms with Crippen molar-refractivity contribution in [3.05, 3.63) is 89.7 Å². The predicted octanol–water partition coefficient (Wildman–Crippen LogP) is 4.65. The molecular weight excluding hydrogens is 517 g/mol. The van der Waals surface area contributed by atoms with E-state index < -0.39 is 41.7 Å². The zero-order valence-corrected chi connectivity index (χ0v) is 22.6. The largest absolute Gasteiger partial charge is 0.494 e. The van der Waals surface area contributed by atoms with Crippen LogP contribution in [-0.4, -0.2) is 55.7 Å². The first kappa shape index (κ1) is 28.6. The Bertz CT molecular complexity index is 1340. The monoisotopic (exact) mass is 549 g/mol. The number of benzene rings is 3. The third-order valence-electron chi connectivity index (χ3n) is 6.60. The van der Waals surface area contributed by atoms with Gasteiger partial charge in [0.2, 0.25) is 5.91 Å². The molecular formula is C30H32FN3O6. The summed E-state index contributed by atoms with van der Waals surface area (Å²) in [5.74, 6) is -1.69. The van der Waals surface area contributed by atoms with Crippen LogP contribution >= 0.6 is 0 Å². The van der Waals surface area contributed by atoms with Crippen LogP contribution in [0.25, 0.3) is 0 Å². The smallest absolute Gasteiger partial charge is 0.325 e. The molecule has 2 N–H and O–H groups in total. The average Bonchev–Trinajstić information content (AvgIpc) is 3.25. The summed E-state index contributed by atoms with van der Waals surface area (Å²) in [7, 11) is 1.58. The van der Waals surface area contributed by atoms with Crippen LogP contribution in [0.3, 0.4) is 0 Å². The number of hydrogen-bond donors (Lipinski definition) is 2. The van der Waals surface area contributed by atoms with Crippen molar-refractivity contribution in [2.45, 2.75) is 31.8 Å². The Kier molecular flexibility index (Phi) is 9.34. The fourth-order valence-electron chi connectivity index (χ4n) is 4.55. The fourth-order valence-corrected chi connectivity index (χ4v) is 4.55. The lowest BCUT2D eigenvalue weighted by Gasteiger charge is -2.30. The van der Waals surface area contributed by atoms with Crippen LogP contribution < -0.4 is 20.1 Å². The van der Waals surface area contributed by atoms with Gasteiger partial charge in [-0.05, 0) is 42.3 Å². The van der Waals surface area contributed by atoms with Gasteiger partial charge in [0.15, 0.2) is 0 Å². The number of ether oxygens (including phenoxy) is 3. The van der Waals surface area contributed by atoms with Gasteiger partial charge < -0.3 is 24.8 Å². The number of amides is 4. The summed E-state index contributed by atoms with van der Waals surface area (Å²) >= 11 is 0. The number of urea groups is 1. The van der Waals surface area contributed by atoms with Gasteiger partial charge in [-0.25, -0.2) is 14.1 Å². The SMILES string of the molecule is CCOc1ccc(NC(=O)C(C(C)c2ccccc2)N2C(=O)N[C@H](c3ccc(OCCOC)cc3)C2=O)c(F)c1. The minimum atomic E-state index is -1.26. The van der Waals surface area contributed by atoms with Crippen molar-refractivity contribution in [3.8, 4) is 11.5 Å². The van der Waals surface area contributed by atoms with Crippen LogP contribution in [0.4, 0.5) is 14.9 Å². The van der Waals surface area contributed by atoms with Gasteiger partial charge in [-0.3, -0.25) is 9.59 Å². The van der Waals surface area contributed by atoms with Crippen molar-refractivity contribution in [3.63, 3.8) is 0 Å². The number of rotatable bonds is 12. The van der Waals surface area contributed by atoms with Crippen LogP contribution in [0.5, 0.6) is 11.5 Å². The van der Waals surface area contributed by atoms with Gasteiger partial charge in [-0.2, -0.15) is 0 Å². The number of methoxy groups -OCH3 is 1. The summed E-state index contributed by atoms with van der Waals surface area (Å²) in [6, 6.07) is 16.9. The van der Waals surface area contributed by atoms with Gasteiger partial charge in [0.25, 0.3) is 5.91 Å². The van der Waals surface area contributed by atoms with E-state index in [-0.39, 0.29) is 5.69 Å². The van der Waals surface area contributed by atoms with Crippen LogP contribution in [-0.2, 0) is 14.3 Å². The lowest BCUT2D eigenvalue weighted by molar-refractivity contribution is -0.134. The van der Waals surface area contributed by atoms with Crippen molar-refractivity contribution >= 4 is 23.5 Å². The van der Waals surface area contributed by atoms with Gasteiger partial charge >= 0.3 is 6.03 Å². The first-order valence-electron chi connectivity index (χ1n) is 13.0. The molecule has 10 heteroatoms. The standard InChI is InChI=1S/C30H32FN3O6/c1-4-39-23-14-15-25(24(31)18-23)32-28(35)27(19(2)20-8-6-5-7-9-20)34-29(36)26(33-30(34)37)21-10-12-22(13-11-21)40-17-16-38-3/h5-15,18-19,26-27H,4,16-17H2,1-3H3,(H,32,35)(H,33,37)/t19?,26-,27?/m1/s1. The molecule has 1 fully saturated rings. The fraction of sp³-hybridized carbons (Fsp3) is 0.300. The Morgan fingerprint density at radius 1 is 1.00 bits per heavy atom. The Hall–Kier alpha value is -4.44. The molecule has 0 aromatic heterocycles. The quantitative estimate of drug-likeness (QED) is 0.252. The van der Waals surface area contributed by atoms with E-state index in [2.05, 4.69) is 10.6 Å². The molecule has 0 bridgehead atoms. The molecule has 0 radical (unpaired) electrons. The Morgan fingerprint density at radius 3 is 2.35 bits per heavy atom. The number of nitrogens with one attached hydrogen (secondary N) is 2. The van der Waals surface area contributed by atoms with Gasteiger partial charge in [0.1, 0.15) is 36.0 Å². The molecule has 1 saturated heterocycles. The predicted molar refractivity (Wildman–Crippen MR) is 147 cm³/mol. The molecule has 4 amide bonds. The maximum Gasteiger partial charge on any atom is 0.325 e. The van der Waals surface area contributed by atoms with E-state index in [1.165, 1.54) is 18.2 Å². The summed E-state index contributed by atoms with van der Waals surface area (Å²) < 4.78 is 30.7. The van der Waals surface area contributed by atoms with E-state index >= 15 is 0 Å². The second kappa shape index (κ2) is 13.1. The molecule has 0 aliphatic carbocycles. The van der Waals surface area contributed by atoms with Gasteiger partial charge in [-0.15, -0.1) is 0 Å². The summed E-state index contributed by atoms with van der Waals surface area (Å²) in [4.78, 5) is 41.5. The molecule has 3 atom stereocenters. The van der Waals surface area contributed by atoms with E-state index in [4.69, 9.17) is 14.2 Å². The third-order valence-corrected chi connectivity index (χ3v) is 6.60. The lowest BCUT2D eigenvalue weighted by atomic mass is 9.91. The average molecular weight is 550 g/mol. The van der Waals surface area contributed by atoms with Crippen molar-refractivity contribution in [1.29, 1.82) is 0 Å². The zero-order valence-electron chi connectivity index (χ0n) is 22.6. The van der Waals surface area contributed by atoms with Crippen molar-refractivity contribution in [2.24, 2.45) is 0 Å². The van der Waals surface area contributed by atoms with Crippen LogP contribution in [0.15, 0.2) is 72.8 Å². The topological polar surface area (TPSA) is 106 Å².